The van der Waals surface area contributed by atoms with Crippen LogP contribution in [0.3, 0.4) is 0 Å². The number of unbranched alkanes of at least 4 members (excludes halogenated alkanes) is 1. The Morgan fingerprint density at radius 3 is 1.92 bits per heavy atom. The molecule has 38 heavy (non-hydrogen) atoms. The summed E-state index contributed by atoms with van der Waals surface area (Å²) >= 11 is 1.98. The van der Waals surface area contributed by atoms with E-state index in [9.17, 15) is 9.90 Å². The molecule has 0 heterocycles. The molecule has 1 amide bonds. The van der Waals surface area contributed by atoms with Gasteiger partial charge < -0.3 is 28.0 Å². The van der Waals surface area contributed by atoms with Gasteiger partial charge in [-0.2, -0.15) is 4.99 Å². The Hall–Kier alpha value is -3.03. The highest BCUT2D eigenvalue weighted by atomic mass is 32.2. The molecule has 11 N–H and O–H groups in total. The van der Waals surface area contributed by atoms with Gasteiger partial charge in [0.05, 0.1) is 16.5 Å². The van der Waals surface area contributed by atoms with Crippen molar-refractivity contribution < 1.29 is 9.90 Å². The number of hydrogen-bond acceptors (Lipinski definition) is 9. The van der Waals surface area contributed by atoms with Gasteiger partial charge in [0, 0.05) is 19.5 Å². The molecule has 0 bridgehead atoms. The van der Waals surface area contributed by atoms with Crippen LogP contribution >= 0.6 is 23.5 Å². The number of nitrogens with two attached hydrogens (primary N) is 4. The number of aliphatic hydroxyl groups is 1. The summed E-state index contributed by atoms with van der Waals surface area (Å²) in [7, 11) is 0. The summed E-state index contributed by atoms with van der Waals surface area (Å²) < 4.78 is 0. The van der Waals surface area contributed by atoms with Crippen molar-refractivity contribution in [3.63, 3.8) is 0 Å². The predicted molar refractivity (Wildman–Crippen MR) is 159 cm³/mol. The lowest BCUT2D eigenvalue weighted by atomic mass is 10.1. The molecule has 0 spiro atoms. The minimum atomic E-state index is -1.00. The SMILES string of the molecule is N=C(CCCCC(=N)SC(N)=NC(O)Cc1cccc(CN)c1)SC(N)=NC(=O)Cc1cccc(CN)c1. The van der Waals surface area contributed by atoms with E-state index in [0.717, 1.165) is 45.8 Å². The van der Waals surface area contributed by atoms with Gasteiger partial charge in [0.25, 0.3) is 5.91 Å². The number of carbonyl (C=O) groups is 1. The van der Waals surface area contributed by atoms with Crippen LogP contribution in [-0.4, -0.2) is 37.7 Å². The number of thioether (sulfide) groups is 2. The molecule has 0 aromatic heterocycles. The fraction of sp³-hybridized carbons (Fsp3) is 0.346. The van der Waals surface area contributed by atoms with E-state index < -0.39 is 6.23 Å². The maximum Gasteiger partial charge on any atom is 0.252 e. The molecule has 204 valence electrons. The third kappa shape index (κ3) is 12.5. The van der Waals surface area contributed by atoms with Crippen LogP contribution in [0.15, 0.2) is 58.5 Å². The molecule has 0 fully saturated rings. The van der Waals surface area contributed by atoms with Gasteiger partial charge in [0.2, 0.25) is 0 Å². The summed E-state index contributed by atoms with van der Waals surface area (Å²) in [5, 5.41) is 27.2. The Balaban J connectivity index is 1.66. The van der Waals surface area contributed by atoms with Crippen molar-refractivity contribution in [3.8, 4) is 0 Å². The van der Waals surface area contributed by atoms with Gasteiger partial charge in [-0.25, -0.2) is 4.99 Å². The molecule has 2 aromatic rings. The van der Waals surface area contributed by atoms with E-state index in [1.165, 1.54) is 0 Å². The topological polar surface area (TPSA) is 214 Å². The third-order valence-electron chi connectivity index (χ3n) is 5.25. The number of amides is 1. The quantitative estimate of drug-likeness (QED) is 0.117. The highest BCUT2D eigenvalue weighted by molar-refractivity contribution is 8.26. The van der Waals surface area contributed by atoms with Gasteiger partial charge in [0.1, 0.15) is 0 Å². The van der Waals surface area contributed by atoms with E-state index in [4.69, 9.17) is 33.8 Å². The van der Waals surface area contributed by atoms with Crippen LogP contribution in [-0.2, 0) is 30.7 Å². The molecule has 2 rings (SSSR count). The second kappa shape index (κ2) is 16.7. The largest absolute Gasteiger partial charge is 0.378 e. The van der Waals surface area contributed by atoms with Crippen molar-refractivity contribution in [1.29, 1.82) is 10.8 Å². The maximum absolute atomic E-state index is 12.2. The number of amidine groups is 2. The molecule has 0 aliphatic carbocycles. The summed E-state index contributed by atoms with van der Waals surface area (Å²) in [4.78, 5) is 20.1. The number of hydrogen-bond donors (Lipinski definition) is 7. The highest BCUT2D eigenvalue weighted by Gasteiger charge is 2.10. The second-order valence-corrected chi connectivity index (χ2v) is 10.7. The zero-order valence-electron chi connectivity index (χ0n) is 21.2. The zero-order valence-corrected chi connectivity index (χ0v) is 22.9. The number of nitrogens with zero attached hydrogens (tertiary/aromatic N) is 2. The number of rotatable bonds is 12. The first-order valence-corrected chi connectivity index (χ1v) is 13.8. The summed E-state index contributed by atoms with van der Waals surface area (Å²) in [5.41, 5.74) is 26.6. The Morgan fingerprint density at radius 2 is 1.34 bits per heavy atom. The molecule has 2 aromatic carbocycles. The minimum absolute atomic E-state index is 0.0376. The first-order valence-electron chi connectivity index (χ1n) is 12.1. The minimum Gasteiger partial charge on any atom is -0.378 e. The lowest BCUT2D eigenvalue weighted by Crippen LogP contribution is -2.17. The molecule has 10 nitrogen and oxygen atoms in total. The Morgan fingerprint density at radius 1 is 0.842 bits per heavy atom. The third-order valence-corrected chi connectivity index (χ3v) is 6.77. The van der Waals surface area contributed by atoms with Gasteiger partial charge in [-0.05, 0) is 71.5 Å². The predicted octanol–water partition coefficient (Wildman–Crippen LogP) is 2.84. The molecule has 0 saturated carbocycles. The lowest BCUT2D eigenvalue weighted by Gasteiger charge is -2.09. The molecule has 1 unspecified atom stereocenters. The van der Waals surface area contributed by atoms with Gasteiger partial charge in [-0.3, -0.25) is 15.6 Å². The number of aliphatic hydroxyl groups excluding tert-OH is 1. The summed E-state index contributed by atoms with van der Waals surface area (Å²) in [5.74, 6) is -0.379. The van der Waals surface area contributed by atoms with E-state index in [1.54, 1.807) is 0 Å². The highest BCUT2D eigenvalue weighted by Crippen LogP contribution is 2.16. The normalized spacial score (nSPS) is 12.8. The van der Waals surface area contributed by atoms with Crippen molar-refractivity contribution in [1.82, 2.24) is 0 Å². The van der Waals surface area contributed by atoms with Crippen LogP contribution in [0.5, 0.6) is 0 Å². The van der Waals surface area contributed by atoms with Crippen LogP contribution in [0.2, 0.25) is 0 Å². The standard InChI is InChI=1S/C26H36N8O2S2/c27-15-19-7-3-5-17(11-19)13-23(35)33-25(31)37-21(29)9-1-2-10-22(30)38-26(32)34-24(36)14-18-6-4-8-20(12-18)16-28/h3-8,11-12,23,29-30,35H,1-2,9-10,13-16,27-28H2,(H2,31,33)(H2,32,34,36). The molecule has 0 aliphatic heterocycles. The number of aliphatic imine (C=N–C) groups is 2. The summed E-state index contributed by atoms with van der Waals surface area (Å²) in [6.07, 6.45) is 1.68. The molecule has 12 heteroatoms. The molecule has 0 saturated heterocycles. The van der Waals surface area contributed by atoms with Crippen LogP contribution < -0.4 is 22.9 Å². The fourth-order valence-corrected chi connectivity index (χ4v) is 4.78. The van der Waals surface area contributed by atoms with Crippen LogP contribution in [0.25, 0.3) is 0 Å². The van der Waals surface area contributed by atoms with Crippen molar-refractivity contribution in [3.05, 3.63) is 70.8 Å². The monoisotopic (exact) mass is 556 g/mol. The van der Waals surface area contributed by atoms with Crippen LogP contribution in [0.4, 0.5) is 0 Å². The van der Waals surface area contributed by atoms with Gasteiger partial charge in [-0.15, -0.1) is 0 Å². The number of carbonyl (C=O) groups excluding carboxylic acids is 1. The van der Waals surface area contributed by atoms with Crippen molar-refractivity contribution in [2.75, 3.05) is 0 Å². The molecular formula is C26H36N8O2S2. The Bertz CT molecular complexity index is 1170. The number of benzene rings is 2. The lowest BCUT2D eigenvalue weighted by molar-refractivity contribution is -0.117. The van der Waals surface area contributed by atoms with E-state index in [1.807, 2.05) is 48.5 Å². The summed E-state index contributed by atoms with van der Waals surface area (Å²) in [6, 6.07) is 15.0. The second-order valence-electron chi connectivity index (χ2n) is 8.48. The molecule has 0 aliphatic rings. The smallest absolute Gasteiger partial charge is 0.252 e. The van der Waals surface area contributed by atoms with Gasteiger partial charge >= 0.3 is 0 Å². The maximum atomic E-state index is 12.2. The molecular weight excluding hydrogens is 520 g/mol. The van der Waals surface area contributed by atoms with E-state index in [-0.39, 0.29) is 22.7 Å². The van der Waals surface area contributed by atoms with Gasteiger partial charge in [-0.1, -0.05) is 48.5 Å². The molecule has 1 atom stereocenters. The number of nitrogens with one attached hydrogen (secondary N) is 2. The Kier molecular flexibility index (Phi) is 13.7. The first-order chi connectivity index (χ1) is 18.2. The van der Waals surface area contributed by atoms with Crippen LogP contribution in [0.1, 0.15) is 47.9 Å². The fourth-order valence-electron chi connectivity index (χ4n) is 3.47. The zero-order chi connectivity index (χ0) is 27.9. The van der Waals surface area contributed by atoms with E-state index >= 15 is 0 Å². The average Bonchev–Trinajstić information content (AvgIpc) is 2.86. The Labute approximate surface area is 231 Å². The van der Waals surface area contributed by atoms with Crippen molar-refractivity contribution >= 4 is 49.9 Å². The van der Waals surface area contributed by atoms with Gasteiger partial charge in [0.15, 0.2) is 16.6 Å². The van der Waals surface area contributed by atoms with Crippen molar-refractivity contribution in [2.24, 2.45) is 32.9 Å². The summed E-state index contributed by atoms with van der Waals surface area (Å²) in [6.45, 7) is 0.820. The van der Waals surface area contributed by atoms with E-state index in [2.05, 4.69) is 9.98 Å². The van der Waals surface area contributed by atoms with Crippen molar-refractivity contribution in [2.45, 2.75) is 57.8 Å². The first kappa shape index (κ1) is 31.2. The molecule has 0 radical (unpaired) electrons. The van der Waals surface area contributed by atoms with E-state index in [0.29, 0.717) is 55.3 Å². The van der Waals surface area contributed by atoms with Crippen LogP contribution in [0, 0.1) is 10.8 Å². The average molecular weight is 557 g/mol.